The number of carbonyl (C=O) groups is 1. The highest BCUT2D eigenvalue weighted by Gasteiger charge is 2.17. The van der Waals surface area contributed by atoms with Crippen molar-refractivity contribution in [2.45, 2.75) is 13.3 Å². The van der Waals surface area contributed by atoms with Gasteiger partial charge in [-0.15, -0.1) is 0 Å². The molecule has 0 aliphatic heterocycles. The number of halogens is 1. The number of carbonyl (C=O) groups excluding carboxylic acids is 1. The number of benzene rings is 2. The van der Waals surface area contributed by atoms with Gasteiger partial charge in [-0.05, 0) is 30.7 Å². The van der Waals surface area contributed by atoms with Crippen LogP contribution in [0, 0.1) is 17.0 Å². The fraction of sp³-hybridized carbons (Fsp3) is 0.133. The van der Waals surface area contributed by atoms with Crippen molar-refractivity contribution in [2.24, 2.45) is 0 Å². The van der Waals surface area contributed by atoms with E-state index < -0.39 is 4.92 Å². The van der Waals surface area contributed by atoms with Crippen LogP contribution in [0.2, 0.25) is 5.02 Å². The third-order valence-electron chi connectivity index (χ3n) is 3.03. The van der Waals surface area contributed by atoms with Gasteiger partial charge in [0.1, 0.15) is 0 Å². The van der Waals surface area contributed by atoms with Crippen LogP contribution in [0.25, 0.3) is 0 Å². The van der Waals surface area contributed by atoms with Crippen LogP contribution in [0.1, 0.15) is 21.5 Å². The summed E-state index contributed by atoms with van der Waals surface area (Å²) in [6.45, 7) is 1.79. The average molecular weight is 290 g/mol. The molecule has 0 atom stereocenters. The molecule has 0 heterocycles. The van der Waals surface area contributed by atoms with Gasteiger partial charge < -0.3 is 0 Å². The summed E-state index contributed by atoms with van der Waals surface area (Å²) in [4.78, 5) is 22.7. The average Bonchev–Trinajstić information content (AvgIpc) is 2.38. The Kier molecular flexibility index (Phi) is 4.15. The summed E-state index contributed by atoms with van der Waals surface area (Å²) in [6, 6.07) is 11.3. The Morgan fingerprint density at radius 3 is 2.60 bits per heavy atom. The molecule has 0 saturated heterocycles. The lowest BCUT2D eigenvalue weighted by molar-refractivity contribution is -0.385. The summed E-state index contributed by atoms with van der Waals surface area (Å²) >= 11 is 5.85. The van der Waals surface area contributed by atoms with E-state index in [4.69, 9.17) is 11.6 Å². The number of nitro benzene ring substituents is 1. The first kappa shape index (κ1) is 14.2. The lowest BCUT2D eigenvalue weighted by Gasteiger charge is -2.06. The smallest absolute Gasteiger partial charge is 0.273 e. The van der Waals surface area contributed by atoms with Crippen molar-refractivity contribution in [3.63, 3.8) is 0 Å². The number of para-hydroxylation sites is 1. The topological polar surface area (TPSA) is 60.2 Å². The Morgan fingerprint density at radius 2 is 1.95 bits per heavy atom. The van der Waals surface area contributed by atoms with Gasteiger partial charge in [-0.3, -0.25) is 14.9 Å². The Balaban J connectivity index is 2.30. The predicted molar refractivity (Wildman–Crippen MR) is 77.3 cm³/mol. The fourth-order valence-electron chi connectivity index (χ4n) is 2.05. The first-order chi connectivity index (χ1) is 9.49. The molecule has 2 rings (SSSR count). The highest BCUT2D eigenvalue weighted by atomic mass is 35.5. The summed E-state index contributed by atoms with van der Waals surface area (Å²) in [5.41, 5.74) is 1.68. The summed E-state index contributed by atoms with van der Waals surface area (Å²) in [7, 11) is 0. The number of nitrogens with zero attached hydrogens (tertiary/aromatic N) is 1. The summed E-state index contributed by atoms with van der Waals surface area (Å²) in [5.74, 6) is -0.159. The zero-order valence-corrected chi connectivity index (χ0v) is 11.6. The number of Topliss-reactive ketones (excluding diaryl/α,β-unsaturated/α-hetero) is 1. The van der Waals surface area contributed by atoms with Gasteiger partial charge in [-0.2, -0.15) is 0 Å². The molecule has 4 nitrogen and oxygen atoms in total. The molecule has 0 saturated carbocycles. The SMILES string of the molecule is Cc1cc(Cl)ccc1C(=O)Cc1ccccc1[N+](=O)[O-]. The molecule has 0 unspecified atom stereocenters. The maximum atomic E-state index is 12.3. The van der Waals surface area contributed by atoms with Crippen LogP contribution in [0.3, 0.4) is 0 Å². The van der Waals surface area contributed by atoms with Crippen LogP contribution in [-0.2, 0) is 6.42 Å². The minimum Gasteiger partial charge on any atom is -0.294 e. The first-order valence-electron chi connectivity index (χ1n) is 6.00. The molecular weight excluding hydrogens is 278 g/mol. The van der Waals surface area contributed by atoms with E-state index in [2.05, 4.69) is 0 Å². The standard InChI is InChI=1S/C15H12ClNO3/c1-10-8-12(16)6-7-13(10)15(18)9-11-4-2-3-5-14(11)17(19)20/h2-8H,9H2,1H3. The van der Waals surface area contributed by atoms with E-state index in [9.17, 15) is 14.9 Å². The van der Waals surface area contributed by atoms with Crippen molar-refractivity contribution in [3.05, 3.63) is 74.3 Å². The number of aryl methyl sites for hydroxylation is 1. The molecule has 5 heteroatoms. The van der Waals surface area contributed by atoms with Gasteiger partial charge >= 0.3 is 0 Å². The van der Waals surface area contributed by atoms with E-state index in [-0.39, 0.29) is 17.9 Å². The molecule has 0 N–H and O–H groups in total. The van der Waals surface area contributed by atoms with Gasteiger partial charge in [0.05, 0.1) is 4.92 Å². The molecule has 0 radical (unpaired) electrons. The van der Waals surface area contributed by atoms with E-state index in [0.29, 0.717) is 16.1 Å². The highest BCUT2D eigenvalue weighted by molar-refractivity contribution is 6.30. The second kappa shape index (κ2) is 5.84. The molecule has 2 aromatic rings. The third-order valence-corrected chi connectivity index (χ3v) is 3.26. The second-order valence-electron chi connectivity index (χ2n) is 4.45. The molecule has 0 amide bonds. The van der Waals surface area contributed by atoms with Crippen LogP contribution >= 0.6 is 11.6 Å². The van der Waals surface area contributed by atoms with E-state index in [0.717, 1.165) is 5.56 Å². The Bertz CT molecular complexity index is 683. The van der Waals surface area contributed by atoms with Crippen LogP contribution < -0.4 is 0 Å². The van der Waals surface area contributed by atoms with Crippen LogP contribution in [0.4, 0.5) is 5.69 Å². The van der Waals surface area contributed by atoms with Crippen LogP contribution in [0.15, 0.2) is 42.5 Å². The maximum Gasteiger partial charge on any atom is 0.273 e. The lowest BCUT2D eigenvalue weighted by Crippen LogP contribution is -2.07. The molecule has 102 valence electrons. The normalized spacial score (nSPS) is 10.3. The first-order valence-corrected chi connectivity index (χ1v) is 6.38. The van der Waals surface area contributed by atoms with Gasteiger partial charge in [0.25, 0.3) is 5.69 Å². The highest BCUT2D eigenvalue weighted by Crippen LogP contribution is 2.22. The predicted octanol–water partition coefficient (Wildman–Crippen LogP) is 3.98. The molecule has 2 aromatic carbocycles. The zero-order valence-electron chi connectivity index (χ0n) is 10.8. The van der Waals surface area contributed by atoms with E-state index in [1.54, 1.807) is 43.3 Å². The van der Waals surface area contributed by atoms with E-state index in [1.165, 1.54) is 6.07 Å². The maximum absolute atomic E-state index is 12.3. The third kappa shape index (κ3) is 3.03. The Hall–Kier alpha value is -2.20. The molecule has 0 aliphatic carbocycles. The largest absolute Gasteiger partial charge is 0.294 e. The Morgan fingerprint density at radius 1 is 1.25 bits per heavy atom. The van der Waals surface area contributed by atoms with Crippen molar-refractivity contribution < 1.29 is 9.72 Å². The zero-order chi connectivity index (χ0) is 14.7. The lowest BCUT2D eigenvalue weighted by atomic mass is 9.98. The molecule has 0 bridgehead atoms. The molecule has 0 aliphatic rings. The molecule has 0 fully saturated rings. The molecule has 0 spiro atoms. The minimum atomic E-state index is -0.475. The van der Waals surface area contributed by atoms with Gasteiger partial charge in [0.15, 0.2) is 5.78 Å². The van der Waals surface area contributed by atoms with Crippen molar-refractivity contribution in [1.29, 1.82) is 0 Å². The van der Waals surface area contributed by atoms with Crippen molar-refractivity contribution >= 4 is 23.1 Å². The monoisotopic (exact) mass is 289 g/mol. The summed E-state index contributed by atoms with van der Waals surface area (Å²) in [5, 5.41) is 11.5. The van der Waals surface area contributed by atoms with Crippen molar-refractivity contribution in [3.8, 4) is 0 Å². The van der Waals surface area contributed by atoms with E-state index in [1.807, 2.05) is 0 Å². The van der Waals surface area contributed by atoms with Crippen molar-refractivity contribution in [2.75, 3.05) is 0 Å². The van der Waals surface area contributed by atoms with E-state index >= 15 is 0 Å². The van der Waals surface area contributed by atoms with Gasteiger partial charge in [0, 0.05) is 28.6 Å². The number of hydrogen-bond acceptors (Lipinski definition) is 3. The second-order valence-corrected chi connectivity index (χ2v) is 4.88. The molecule has 0 aromatic heterocycles. The van der Waals surface area contributed by atoms with Crippen LogP contribution in [0.5, 0.6) is 0 Å². The van der Waals surface area contributed by atoms with Gasteiger partial charge in [0.2, 0.25) is 0 Å². The van der Waals surface area contributed by atoms with Gasteiger partial charge in [-0.1, -0.05) is 29.8 Å². The number of ketones is 1. The number of hydrogen-bond donors (Lipinski definition) is 0. The molecular formula is C15H12ClNO3. The summed E-state index contributed by atoms with van der Waals surface area (Å²) < 4.78 is 0. The quantitative estimate of drug-likeness (QED) is 0.486. The Labute approximate surface area is 121 Å². The fourth-order valence-corrected chi connectivity index (χ4v) is 2.27. The van der Waals surface area contributed by atoms with Gasteiger partial charge in [-0.25, -0.2) is 0 Å². The molecule has 20 heavy (non-hydrogen) atoms. The minimum absolute atomic E-state index is 0.000371. The summed E-state index contributed by atoms with van der Waals surface area (Å²) in [6.07, 6.45) is -0.000371. The number of nitro groups is 1. The van der Waals surface area contributed by atoms with Crippen molar-refractivity contribution in [1.82, 2.24) is 0 Å². The number of rotatable bonds is 4. The van der Waals surface area contributed by atoms with Crippen LogP contribution in [-0.4, -0.2) is 10.7 Å².